The first-order valence-corrected chi connectivity index (χ1v) is 9.16. The molecule has 0 aliphatic carbocycles. The summed E-state index contributed by atoms with van der Waals surface area (Å²) in [6.07, 6.45) is 3.57. The SMILES string of the molecule is COc1cc(-c2c(-n3cc(C)cn3)oc3c(O)c(OC)ccc23)cc(OC)c1OC. The summed E-state index contributed by atoms with van der Waals surface area (Å²) in [4.78, 5) is 0. The Morgan fingerprint density at radius 3 is 2.13 bits per heavy atom. The van der Waals surface area contributed by atoms with Crippen molar-refractivity contribution in [3.8, 4) is 45.8 Å². The average Bonchev–Trinajstić information content (AvgIpc) is 3.36. The first-order chi connectivity index (χ1) is 14.5. The van der Waals surface area contributed by atoms with Gasteiger partial charge in [-0.25, -0.2) is 4.68 Å². The highest BCUT2D eigenvalue weighted by Crippen LogP contribution is 2.47. The van der Waals surface area contributed by atoms with Crippen molar-refractivity contribution in [1.29, 1.82) is 0 Å². The normalized spacial score (nSPS) is 11.0. The number of hydrogen-bond donors (Lipinski definition) is 1. The number of phenols is 1. The molecular formula is C22H22N2O6. The van der Waals surface area contributed by atoms with E-state index in [1.807, 2.05) is 31.3 Å². The molecule has 0 unspecified atom stereocenters. The van der Waals surface area contributed by atoms with Crippen molar-refractivity contribution in [2.45, 2.75) is 6.92 Å². The molecule has 0 saturated carbocycles. The second kappa shape index (κ2) is 7.55. The maximum Gasteiger partial charge on any atom is 0.229 e. The predicted octanol–water partition coefficient (Wildman–Crippen LogP) is 4.33. The monoisotopic (exact) mass is 410 g/mol. The molecule has 0 atom stereocenters. The quantitative estimate of drug-likeness (QED) is 0.506. The summed E-state index contributed by atoms with van der Waals surface area (Å²) in [5, 5.41) is 15.7. The van der Waals surface area contributed by atoms with Crippen LogP contribution in [0, 0.1) is 6.92 Å². The van der Waals surface area contributed by atoms with Gasteiger partial charge in [0.25, 0.3) is 0 Å². The van der Waals surface area contributed by atoms with Crippen LogP contribution in [0.4, 0.5) is 0 Å². The van der Waals surface area contributed by atoms with Crippen LogP contribution in [-0.2, 0) is 0 Å². The van der Waals surface area contributed by atoms with Crippen LogP contribution in [0.1, 0.15) is 5.56 Å². The van der Waals surface area contributed by atoms with Crippen molar-refractivity contribution in [3.05, 3.63) is 42.2 Å². The molecule has 4 aromatic rings. The van der Waals surface area contributed by atoms with Crippen LogP contribution in [0.5, 0.6) is 28.7 Å². The summed E-state index contributed by atoms with van der Waals surface area (Å²) in [5.74, 6) is 2.16. The topological polar surface area (TPSA) is 88.1 Å². The van der Waals surface area contributed by atoms with Crippen LogP contribution in [0.3, 0.4) is 0 Å². The number of methoxy groups -OCH3 is 4. The molecule has 2 aromatic carbocycles. The summed E-state index contributed by atoms with van der Waals surface area (Å²) in [6.45, 7) is 1.94. The average molecular weight is 410 g/mol. The minimum absolute atomic E-state index is 0.0844. The van der Waals surface area contributed by atoms with E-state index in [2.05, 4.69) is 5.10 Å². The molecule has 156 valence electrons. The van der Waals surface area contributed by atoms with E-state index in [9.17, 15) is 5.11 Å². The van der Waals surface area contributed by atoms with Crippen molar-refractivity contribution in [3.63, 3.8) is 0 Å². The summed E-state index contributed by atoms with van der Waals surface area (Å²) in [5.41, 5.74) is 2.72. The van der Waals surface area contributed by atoms with Gasteiger partial charge < -0.3 is 28.5 Å². The molecule has 0 aliphatic heterocycles. The number of rotatable bonds is 6. The van der Waals surface area contributed by atoms with E-state index in [1.165, 1.54) is 7.11 Å². The minimum Gasteiger partial charge on any atom is -0.502 e. The zero-order valence-electron chi connectivity index (χ0n) is 17.3. The van der Waals surface area contributed by atoms with Gasteiger partial charge >= 0.3 is 0 Å². The molecule has 1 N–H and O–H groups in total. The van der Waals surface area contributed by atoms with Gasteiger partial charge in [0, 0.05) is 11.6 Å². The lowest BCUT2D eigenvalue weighted by Crippen LogP contribution is -1.98. The molecule has 0 bridgehead atoms. The van der Waals surface area contributed by atoms with Crippen LogP contribution >= 0.6 is 0 Å². The third-order valence-corrected chi connectivity index (χ3v) is 4.87. The third kappa shape index (κ3) is 2.97. The Morgan fingerprint density at radius 2 is 1.60 bits per heavy atom. The lowest BCUT2D eigenvalue weighted by molar-refractivity contribution is 0.324. The van der Waals surface area contributed by atoms with Crippen molar-refractivity contribution in [2.24, 2.45) is 0 Å². The highest BCUT2D eigenvalue weighted by Gasteiger charge is 2.25. The van der Waals surface area contributed by atoms with E-state index in [4.69, 9.17) is 23.4 Å². The van der Waals surface area contributed by atoms with Crippen LogP contribution in [0.2, 0.25) is 0 Å². The molecule has 0 spiro atoms. The van der Waals surface area contributed by atoms with Crippen LogP contribution < -0.4 is 18.9 Å². The zero-order valence-corrected chi connectivity index (χ0v) is 17.3. The fraction of sp³-hybridized carbons (Fsp3) is 0.227. The van der Waals surface area contributed by atoms with Gasteiger partial charge in [0.1, 0.15) is 0 Å². The number of benzene rings is 2. The minimum atomic E-state index is -0.0844. The van der Waals surface area contributed by atoms with Gasteiger partial charge in [0.2, 0.25) is 17.4 Å². The summed E-state index contributed by atoms with van der Waals surface area (Å²) in [6, 6.07) is 7.17. The van der Waals surface area contributed by atoms with Gasteiger partial charge in [0.15, 0.2) is 22.8 Å². The van der Waals surface area contributed by atoms with Gasteiger partial charge in [-0.3, -0.25) is 0 Å². The number of phenolic OH excluding ortho intramolecular Hbond substituents is 1. The lowest BCUT2D eigenvalue weighted by atomic mass is 10.0. The molecule has 4 rings (SSSR count). The fourth-order valence-electron chi connectivity index (χ4n) is 3.47. The second-order valence-corrected chi connectivity index (χ2v) is 6.65. The van der Waals surface area contributed by atoms with Gasteiger partial charge in [-0.1, -0.05) is 0 Å². The van der Waals surface area contributed by atoms with Crippen LogP contribution in [-0.4, -0.2) is 43.3 Å². The summed E-state index contributed by atoms with van der Waals surface area (Å²) < 4.78 is 29.4. The highest BCUT2D eigenvalue weighted by atomic mass is 16.5. The molecule has 2 aromatic heterocycles. The standard InChI is InChI=1S/C22H22N2O6/c1-12-10-23-24(11-12)22-18(14-6-7-15(26-2)19(25)20(14)30-22)13-8-16(27-3)21(29-5)17(9-13)28-4/h6-11,25H,1-5H3. The van der Waals surface area contributed by atoms with E-state index in [1.54, 1.807) is 38.3 Å². The Bertz CT molecular complexity index is 1200. The molecular weight excluding hydrogens is 388 g/mol. The second-order valence-electron chi connectivity index (χ2n) is 6.65. The van der Waals surface area contributed by atoms with Crippen molar-refractivity contribution < 1.29 is 28.5 Å². The Hall–Kier alpha value is -3.81. The maximum absolute atomic E-state index is 10.7. The van der Waals surface area contributed by atoms with Gasteiger partial charge in [-0.2, -0.15) is 5.10 Å². The van der Waals surface area contributed by atoms with Crippen molar-refractivity contribution >= 4 is 11.0 Å². The largest absolute Gasteiger partial charge is 0.502 e. The number of aromatic nitrogens is 2. The van der Waals surface area contributed by atoms with E-state index in [0.717, 1.165) is 11.1 Å². The number of nitrogens with zero attached hydrogens (tertiary/aromatic N) is 2. The summed E-state index contributed by atoms with van der Waals surface area (Å²) in [7, 11) is 6.16. The lowest BCUT2D eigenvalue weighted by Gasteiger charge is -2.14. The van der Waals surface area contributed by atoms with Gasteiger partial charge in [0.05, 0.1) is 40.2 Å². The number of furan rings is 1. The van der Waals surface area contributed by atoms with E-state index >= 15 is 0 Å². The van der Waals surface area contributed by atoms with E-state index < -0.39 is 0 Å². The zero-order chi connectivity index (χ0) is 21.4. The Kier molecular flexibility index (Phi) is 4.91. The smallest absolute Gasteiger partial charge is 0.229 e. The highest BCUT2D eigenvalue weighted by molar-refractivity contribution is 6.02. The van der Waals surface area contributed by atoms with E-state index in [0.29, 0.717) is 45.4 Å². The first-order valence-electron chi connectivity index (χ1n) is 9.16. The first kappa shape index (κ1) is 19.5. The Balaban J connectivity index is 2.08. The fourth-order valence-corrected chi connectivity index (χ4v) is 3.47. The Labute approximate surface area is 173 Å². The number of aryl methyl sites for hydroxylation is 1. The molecule has 8 nitrogen and oxygen atoms in total. The van der Waals surface area contributed by atoms with Crippen LogP contribution in [0.15, 0.2) is 41.1 Å². The molecule has 2 heterocycles. The molecule has 0 saturated heterocycles. The maximum atomic E-state index is 10.7. The summed E-state index contributed by atoms with van der Waals surface area (Å²) >= 11 is 0. The number of ether oxygens (including phenoxy) is 4. The molecule has 0 aliphatic rings. The number of hydrogen-bond acceptors (Lipinski definition) is 7. The van der Waals surface area contributed by atoms with Gasteiger partial charge in [-0.05, 0) is 42.3 Å². The van der Waals surface area contributed by atoms with Crippen molar-refractivity contribution in [2.75, 3.05) is 28.4 Å². The molecule has 30 heavy (non-hydrogen) atoms. The Morgan fingerprint density at radius 1 is 0.933 bits per heavy atom. The van der Waals surface area contributed by atoms with Crippen LogP contribution in [0.25, 0.3) is 28.0 Å². The van der Waals surface area contributed by atoms with Gasteiger partial charge in [-0.15, -0.1) is 0 Å². The molecule has 0 fully saturated rings. The molecule has 8 heteroatoms. The number of fused-ring (bicyclic) bond motifs is 1. The van der Waals surface area contributed by atoms with Crippen molar-refractivity contribution in [1.82, 2.24) is 9.78 Å². The number of aromatic hydroxyl groups is 1. The molecule has 0 radical (unpaired) electrons. The predicted molar refractivity (Wildman–Crippen MR) is 111 cm³/mol. The van der Waals surface area contributed by atoms with E-state index in [-0.39, 0.29) is 5.75 Å². The molecule has 0 amide bonds. The third-order valence-electron chi connectivity index (χ3n) is 4.87.